The number of hydrogen-bond donors (Lipinski definition) is 1. The Kier molecular flexibility index (Phi) is 6.49. The van der Waals surface area contributed by atoms with Crippen LogP contribution >= 0.6 is 0 Å². The molecule has 2 rings (SSSR count). The highest BCUT2D eigenvalue weighted by molar-refractivity contribution is 5.54. The van der Waals surface area contributed by atoms with Crippen molar-refractivity contribution >= 4 is 5.69 Å². The molecule has 0 aromatic heterocycles. The lowest BCUT2D eigenvalue weighted by molar-refractivity contribution is -0.0295. The van der Waals surface area contributed by atoms with Crippen molar-refractivity contribution in [3.8, 4) is 0 Å². The summed E-state index contributed by atoms with van der Waals surface area (Å²) in [6.07, 6.45) is 3.05. The maximum absolute atomic E-state index is 10.2. The number of para-hydroxylation sites is 1. The summed E-state index contributed by atoms with van der Waals surface area (Å²) < 4.78 is 10.6. The molecule has 0 radical (unpaired) electrons. The van der Waals surface area contributed by atoms with Gasteiger partial charge in [0, 0.05) is 25.9 Å². The summed E-state index contributed by atoms with van der Waals surface area (Å²) in [6.45, 7) is 4.48. The third kappa shape index (κ3) is 4.99. The number of hydrogen-bond acceptors (Lipinski definition) is 4. The SMILES string of the molecule is COCC(C)OCC(O)CN1CCCCc2ccccc21. The number of aliphatic hydroxyl groups excluding tert-OH is 1. The first-order valence-electron chi connectivity index (χ1n) is 7.82. The molecule has 1 heterocycles. The molecule has 0 bridgehead atoms. The quantitative estimate of drug-likeness (QED) is 0.837. The fourth-order valence-corrected chi connectivity index (χ4v) is 2.82. The molecule has 0 fully saturated rings. The van der Waals surface area contributed by atoms with Gasteiger partial charge in [-0.15, -0.1) is 0 Å². The minimum absolute atomic E-state index is 0.0149. The summed E-state index contributed by atoms with van der Waals surface area (Å²) in [6, 6.07) is 8.51. The molecule has 0 saturated heterocycles. The number of anilines is 1. The Labute approximate surface area is 127 Å². The van der Waals surface area contributed by atoms with Gasteiger partial charge in [0.15, 0.2) is 0 Å². The van der Waals surface area contributed by atoms with Crippen molar-refractivity contribution in [2.24, 2.45) is 0 Å². The van der Waals surface area contributed by atoms with Crippen LogP contribution in [0.5, 0.6) is 0 Å². The summed E-state index contributed by atoms with van der Waals surface area (Å²) in [5, 5.41) is 10.2. The average Bonchev–Trinajstić information content (AvgIpc) is 2.68. The third-order valence-electron chi connectivity index (χ3n) is 3.86. The van der Waals surface area contributed by atoms with Gasteiger partial charge < -0.3 is 19.5 Å². The predicted molar refractivity (Wildman–Crippen MR) is 84.9 cm³/mol. The molecule has 2 atom stereocenters. The molecule has 21 heavy (non-hydrogen) atoms. The van der Waals surface area contributed by atoms with E-state index in [0.717, 1.165) is 13.0 Å². The van der Waals surface area contributed by atoms with Crippen molar-refractivity contribution in [3.63, 3.8) is 0 Å². The van der Waals surface area contributed by atoms with Crippen LogP contribution in [-0.4, -0.2) is 50.7 Å². The number of β-amino-alcohol motifs (C(OH)–C–C–N with tert-alkyl or cyclic N) is 1. The number of benzene rings is 1. The normalized spacial score (nSPS) is 18.0. The van der Waals surface area contributed by atoms with Crippen molar-refractivity contribution in [2.75, 3.05) is 38.3 Å². The smallest absolute Gasteiger partial charge is 0.0948 e. The lowest BCUT2D eigenvalue weighted by Gasteiger charge is -2.28. The molecule has 0 aliphatic carbocycles. The number of fused-ring (bicyclic) bond motifs is 1. The number of ether oxygens (including phenoxy) is 2. The number of rotatable bonds is 7. The van der Waals surface area contributed by atoms with Crippen molar-refractivity contribution in [1.29, 1.82) is 0 Å². The minimum Gasteiger partial charge on any atom is -0.389 e. The van der Waals surface area contributed by atoms with E-state index < -0.39 is 6.10 Å². The maximum Gasteiger partial charge on any atom is 0.0948 e. The van der Waals surface area contributed by atoms with Crippen LogP contribution in [0.2, 0.25) is 0 Å². The molecule has 118 valence electrons. The van der Waals surface area contributed by atoms with E-state index in [-0.39, 0.29) is 6.10 Å². The van der Waals surface area contributed by atoms with Gasteiger partial charge in [-0.1, -0.05) is 18.2 Å². The van der Waals surface area contributed by atoms with E-state index in [1.165, 1.54) is 24.1 Å². The fraction of sp³-hybridized carbons (Fsp3) is 0.647. The van der Waals surface area contributed by atoms with Gasteiger partial charge in [-0.2, -0.15) is 0 Å². The van der Waals surface area contributed by atoms with Gasteiger partial charge in [-0.05, 0) is 37.8 Å². The number of aryl methyl sites for hydroxylation is 1. The lowest BCUT2D eigenvalue weighted by Crippen LogP contribution is -2.36. The molecule has 4 nitrogen and oxygen atoms in total. The molecule has 2 unspecified atom stereocenters. The highest BCUT2D eigenvalue weighted by atomic mass is 16.5. The standard InChI is InChI=1S/C17H27NO3/c1-14(12-20-2)21-13-16(19)11-18-10-6-5-8-15-7-3-4-9-17(15)18/h3-4,7,9,14,16,19H,5-6,8,10-13H2,1-2H3. The van der Waals surface area contributed by atoms with E-state index in [1.807, 2.05) is 6.92 Å². The Bertz CT molecular complexity index is 424. The van der Waals surface area contributed by atoms with E-state index in [0.29, 0.717) is 19.8 Å². The predicted octanol–water partition coefficient (Wildman–Crippen LogP) is 2.24. The first-order valence-corrected chi connectivity index (χ1v) is 7.82. The van der Waals surface area contributed by atoms with Gasteiger partial charge in [0.25, 0.3) is 0 Å². The van der Waals surface area contributed by atoms with E-state index in [1.54, 1.807) is 7.11 Å². The summed E-state index contributed by atoms with van der Waals surface area (Å²) in [7, 11) is 1.66. The van der Waals surface area contributed by atoms with Crippen LogP contribution < -0.4 is 4.90 Å². The van der Waals surface area contributed by atoms with E-state index in [2.05, 4.69) is 29.2 Å². The fourth-order valence-electron chi connectivity index (χ4n) is 2.82. The molecule has 4 heteroatoms. The minimum atomic E-state index is -0.476. The lowest BCUT2D eigenvalue weighted by atomic mass is 10.1. The van der Waals surface area contributed by atoms with Crippen LogP contribution in [0.15, 0.2) is 24.3 Å². The number of aliphatic hydroxyl groups is 1. The largest absolute Gasteiger partial charge is 0.389 e. The van der Waals surface area contributed by atoms with Crippen molar-refractivity contribution in [2.45, 2.75) is 38.4 Å². The Hall–Kier alpha value is -1.10. The van der Waals surface area contributed by atoms with Crippen LogP contribution in [-0.2, 0) is 15.9 Å². The summed E-state index contributed by atoms with van der Waals surface area (Å²) in [5.41, 5.74) is 2.65. The number of nitrogens with zero attached hydrogens (tertiary/aromatic N) is 1. The molecular weight excluding hydrogens is 266 g/mol. The highest BCUT2D eigenvalue weighted by Gasteiger charge is 2.18. The zero-order valence-electron chi connectivity index (χ0n) is 13.1. The molecule has 0 saturated carbocycles. The Morgan fingerprint density at radius 3 is 2.86 bits per heavy atom. The molecular formula is C17H27NO3. The second-order valence-corrected chi connectivity index (χ2v) is 5.78. The van der Waals surface area contributed by atoms with Crippen molar-refractivity contribution in [1.82, 2.24) is 0 Å². The first kappa shape index (κ1) is 16.3. The molecule has 1 N–H and O–H groups in total. The second kappa shape index (κ2) is 8.37. The van der Waals surface area contributed by atoms with Crippen LogP contribution in [0.3, 0.4) is 0 Å². The molecule has 1 aliphatic heterocycles. The Morgan fingerprint density at radius 2 is 2.05 bits per heavy atom. The van der Waals surface area contributed by atoms with Gasteiger partial charge in [0.1, 0.15) is 0 Å². The van der Waals surface area contributed by atoms with E-state index in [9.17, 15) is 5.11 Å². The van der Waals surface area contributed by atoms with Crippen LogP contribution in [0.25, 0.3) is 0 Å². The van der Waals surface area contributed by atoms with Crippen LogP contribution in [0.1, 0.15) is 25.3 Å². The van der Waals surface area contributed by atoms with E-state index in [4.69, 9.17) is 9.47 Å². The topological polar surface area (TPSA) is 41.9 Å². The third-order valence-corrected chi connectivity index (χ3v) is 3.86. The van der Waals surface area contributed by atoms with Crippen LogP contribution in [0, 0.1) is 0 Å². The number of methoxy groups -OCH3 is 1. The van der Waals surface area contributed by atoms with Gasteiger partial charge >= 0.3 is 0 Å². The molecule has 1 aliphatic rings. The summed E-state index contributed by atoms with van der Waals surface area (Å²) in [5.74, 6) is 0. The summed E-state index contributed by atoms with van der Waals surface area (Å²) in [4.78, 5) is 2.29. The maximum atomic E-state index is 10.2. The van der Waals surface area contributed by atoms with Gasteiger partial charge in [-0.25, -0.2) is 0 Å². The molecule has 0 spiro atoms. The van der Waals surface area contributed by atoms with Gasteiger partial charge in [0.05, 0.1) is 25.4 Å². The van der Waals surface area contributed by atoms with Gasteiger partial charge in [-0.3, -0.25) is 0 Å². The molecule has 1 aromatic carbocycles. The Morgan fingerprint density at radius 1 is 1.24 bits per heavy atom. The monoisotopic (exact) mass is 293 g/mol. The van der Waals surface area contributed by atoms with Crippen molar-refractivity contribution in [3.05, 3.63) is 29.8 Å². The van der Waals surface area contributed by atoms with Crippen LogP contribution in [0.4, 0.5) is 5.69 Å². The molecule has 1 aromatic rings. The summed E-state index contributed by atoms with van der Waals surface area (Å²) >= 11 is 0. The van der Waals surface area contributed by atoms with E-state index >= 15 is 0 Å². The Balaban J connectivity index is 1.89. The first-order chi connectivity index (χ1) is 10.2. The highest BCUT2D eigenvalue weighted by Crippen LogP contribution is 2.26. The average molecular weight is 293 g/mol. The second-order valence-electron chi connectivity index (χ2n) is 5.78. The zero-order chi connectivity index (χ0) is 15.1. The van der Waals surface area contributed by atoms with Gasteiger partial charge in [0.2, 0.25) is 0 Å². The molecule has 0 amide bonds. The zero-order valence-corrected chi connectivity index (χ0v) is 13.1. The van der Waals surface area contributed by atoms with Crippen molar-refractivity contribution < 1.29 is 14.6 Å².